The van der Waals surface area contributed by atoms with Gasteiger partial charge in [-0.15, -0.1) is 0 Å². The van der Waals surface area contributed by atoms with Crippen LogP contribution in [0.4, 0.5) is 18.9 Å². The van der Waals surface area contributed by atoms with Gasteiger partial charge in [-0.05, 0) is 54.4 Å². The molecular formula is C24H27F3N2O3S. The summed E-state index contributed by atoms with van der Waals surface area (Å²) in [6.07, 6.45) is -2.38. The summed E-state index contributed by atoms with van der Waals surface area (Å²) in [4.78, 5) is 5.61. The zero-order chi connectivity index (χ0) is 23.9. The summed E-state index contributed by atoms with van der Waals surface area (Å²) in [6.45, 7) is 4.37. The minimum atomic E-state index is -4.55. The van der Waals surface area contributed by atoms with Crippen molar-refractivity contribution < 1.29 is 26.4 Å². The number of alkyl halides is 3. The third-order valence-electron chi connectivity index (χ3n) is 7.31. The van der Waals surface area contributed by atoms with Crippen LogP contribution in [0.25, 0.3) is 0 Å². The van der Waals surface area contributed by atoms with Crippen molar-refractivity contribution in [2.24, 2.45) is 21.9 Å². The Balaban J connectivity index is 1.56. The Labute approximate surface area is 192 Å². The Kier molecular flexibility index (Phi) is 5.97. The van der Waals surface area contributed by atoms with E-state index < -0.39 is 27.2 Å². The molecule has 2 aliphatic carbocycles. The predicted molar refractivity (Wildman–Crippen MR) is 121 cm³/mol. The fourth-order valence-electron chi connectivity index (χ4n) is 5.32. The smallest absolute Gasteiger partial charge is 0.391 e. The first-order chi connectivity index (χ1) is 15.4. The van der Waals surface area contributed by atoms with Crippen LogP contribution in [-0.4, -0.2) is 19.9 Å². The number of anilines is 1. The molecule has 0 saturated heterocycles. The Bertz CT molecular complexity index is 1150. The topological polar surface area (TPSA) is 67.8 Å². The lowest BCUT2D eigenvalue weighted by atomic mass is 9.70. The zero-order valence-electron chi connectivity index (χ0n) is 18.5. The van der Waals surface area contributed by atoms with Gasteiger partial charge in [-0.2, -0.15) is 13.2 Å². The molecule has 2 aromatic carbocycles. The molecule has 2 bridgehead atoms. The quantitative estimate of drug-likeness (QED) is 0.506. The van der Waals surface area contributed by atoms with Gasteiger partial charge in [0.1, 0.15) is 6.61 Å². The first-order valence-corrected chi connectivity index (χ1v) is 12.5. The number of nitrogens with zero attached hydrogens (tertiary/aromatic N) is 1. The van der Waals surface area contributed by atoms with Gasteiger partial charge in [-0.25, -0.2) is 8.42 Å². The van der Waals surface area contributed by atoms with Crippen molar-refractivity contribution in [3.8, 4) is 0 Å². The van der Waals surface area contributed by atoms with E-state index in [1.165, 1.54) is 12.1 Å². The number of benzene rings is 2. The SMILES string of the molecule is CC1(C)C2CCC1(CS(=O)(=O)Nc1cccc(C(F)(F)F)c1)C(=NOCc1ccccc1)C2. The van der Waals surface area contributed by atoms with E-state index in [0.29, 0.717) is 18.6 Å². The summed E-state index contributed by atoms with van der Waals surface area (Å²) < 4.78 is 67.7. The zero-order valence-corrected chi connectivity index (χ0v) is 19.3. The third-order valence-corrected chi connectivity index (χ3v) is 8.73. The second kappa shape index (κ2) is 8.34. The molecule has 2 saturated carbocycles. The molecule has 33 heavy (non-hydrogen) atoms. The molecular weight excluding hydrogens is 453 g/mol. The standard InChI is InChI=1S/C24H27F3N2O3S/c1-22(2)18-11-12-23(22,21(14-18)28-32-15-17-7-4-3-5-8-17)16-33(30,31)29-20-10-6-9-19(13-20)24(25,26)27/h3-10,13,18,29H,11-12,14-16H2,1-2H3. The van der Waals surface area contributed by atoms with Crippen LogP contribution in [0, 0.1) is 16.7 Å². The van der Waals surface area contributed by atoms with E-state index in [4.69, 9.17) is 4.84 Å². The number of sulfonamides is 1. The Morgan fingerprint density at radius 2 is 1.85 bits per heavy atom. The van der Waals surface area contributed by atoms with Crippen LogP contribution in [0.1, 0.15) is 44.2 Å². The van der Waals surface area contributed by atoms with E-state index in [-0.39, 0.29) is 29.4 Å². The van der Waals surface area contributed by atoms with Crippen LogP contribution >= 0.6 is 0 Å². The van der Waals surface area contributed by atoms with E-state index in [2.05, 4.69) is 9.88 Å². The van der Waals surface area contributed by atoms with Crippen molar-refractivity contribution >= 4 is 21.4 Å². The van der Waals surface area contributed by atoms with Crippen molar-refractivity contribution in [1.82, 2.24) is 0 Å². The predicted octanol–water partition coefficient (Wildman–Crippen LogP) is 5.85. The molecule has 1 N–H and O–H groups in total. The van der Waals surface area contributed by atoms with Crippen LogP contribution in [0.15, 0.2) is 59.8 Å². The van der Waals surface area contributed by atoms with Crippen LogP contribution < -0.4 is 4.72 Å². The highest BCUT2D eigenvalue weighted by Crippen LogP contribution is 2.64. The van der Waals surface area contributed by atoms with Crippen LogP contribution in [0.2, 0.25) is 0 Å². The lowest BCUT2D eigenvalue weighted by Gasteiger charge is -2.37. The lowest BCUT2D eigenvalue weighted by Crippen LogP contribution is -2.43. The van der Waals surface area contributed by atoms with Gasteiger partial charge in [-0.3, -0.25) is 4.72 Å². The summed E-state index contributed by atoms with van der Waals surface area (Å²) in [5, 5.41) is 4.38. The Morgan fingerprint density at radius 3 is 2.52 bits per heavy atom. The Morgan fingerprint density at radius 1 is 1.12 bits per heavy atom. The third kappa shape index (κ3) is 4.60. The maximum atomic E-state index is 13.1. The van der Waals surface area contributed by atoms with Gasteiger partial charge in [0.05, 0.1) is 17.0 Å². The van der Waals surface area contributed by atoms with Crippen molar-refractivity contribution in [3.63, 3.8) is 0 Å². The number of hydrogen-bond donors (Lipinski definition) is 1. The van der Waals surface area contributed by atoms with Crippen LogP contribution in [0.3, 0.4) is 0 Å². The molecule has 5 nitrogen and oxygen atoms in total. The summed E-state index contributed by atoms with van der Waals surface area (Å²) >= 11 is 0. The highest BCUT2D eigenvalue weighted by molar-refractivity contribution is 7.92. The number of halogens is 3. The minimum Gasteiger partial charge on any atom is -0.391 e. The molecule has 2 atom stereocenters. The molecule has 0 heterocycles. The molecule has 0 aromatic heterocycles. The molecule has 0 amide bonds. The summed E-state index contributed by atoms with van der Waals surface area (Å²) in [5.74, 6) is 0.0214. The van der Waals surface area contributed by atoms with Gasteiger partial charge in [0, 0.05) is 11.1 Å². The molecule has 178 valence electrons. The first kappa shape index (κ1) is 23.6. The van der Waals surface area contributed by atoms with E-state index in [0.717, 1.165) is 24.1 Å². The van der Waals surface area contributed by atoms with Crippen LogP contribution in [-0.2, 0) is 27.6 Å². The lowest BCUT2D eigenvalue weighted by molar-refractivity contribution is -0.137. The summed E-state index contributed by atoms with van der Waals surface area (Å²) in [5.41, 5.74) is -0.400. The normalized spacial score (nSPS) is 25.4. The summed E-state index contributed by atoms with van der Waals surface area (Å²) in [7, 11) is -3.96. The van der Waals surface area contributed by atoms with Crippen molar-refractivity contribution in [2.45, 2.75) is 45.9 Å². The molecule has 2 unspecified atom stereocenters. The largest absolute Gasteiger partial charge is 0.416 e. The maximum absolute atomic E-state index is 13.1. The highest BCUT2D eigenvalue weighted by atomic mass is 32.2. The fourth-order valence-corrected chi connectivity index (χ4v) is 7.21. The van der Waals surface area contributed by atoms with Crippen LogP contribution in [0.5, 0.6) is 0 Å². The van der Waals surface area contributed by atoms with Gasteiger partial charge < -0.3 is 4.84 Å². The minimum absolute atomic E-state index is 0.106. The number of oxime groups is 1. The second-order valence-electron chi connectivity index (χ2n) is 9.48. The summed E-state index contributed by atoms with van der Waals surface area (Å²) in [6, 6.07) is 13.8. The molecule has 4 rings (SSSR count). The van der Waals surface area contributed by atoms with E-state index >= 15 is 0 Å². The van der Waals surface area contributed by atoms with E-state index in [1.807, 2.05) is 44.2 Å². The van der Waals surface area contributed by atoms with Crippen molar-refractivity contribution in [1.29, 1.82) is 0 Å². The molecule has 0 aliphatic heterocycles. The monoisotopic (exact) mass is 480 g/mol. The number of nitrogens with one attached hydrogen (secondary N) is 1. The fraction of sp³-hybridized carbons (Fsp3) is 0.458. The van der Waals surface area contributed by atoms with Crippen molar-refractivity contribution in [3.05, 3.63) is 65.7 Å². The second-order valence-corrected chi connectivity index (χ2v) is 11.2. The average Bonchev–Trinajstić information content (AvgIpc) is 3.08. The van der Waals surface area contributed by atoms with Gasteiger partial charge in [0.25, 0.3) is 0 Å². The molecule has 0 spiro atoms. The first-order valence-electron chi connectivity index (χ1n) is 10.8. The van der Waals surface area contributed by atoms with Gasteiger partial charge >= 0.3 is 6.18 Å². The molecule has 2 aromatic rings. The molecule has 2 aliphatic rings. The van der Waals surface area contributed by atoms with E-state index in [1.54, 1.807) is 0 Å². The van der Waals surface area contributed by atoms with Gasteiger partial charge in [0.2, 0.25) is 10.0 Å². The molecule has 9 heteroatoms. The Hall–Kier alpha value is -2.55. The highest BCUT2D eigenvalue weighted by Gasteiger charge is 2.64. The maximum Gasteiger partial charge on any atom is 0.416 e. The van der Waals surface area contributed by atoms with Gasteiger partial charge in [0.15, 0.2) is 0 Å². The average molecular weight is 481 g/mol. The van der Waals surface area contributed by atoms with Crippen molar-refractivity contribution in [2.75, 3.05) is 10.5 Å². The number of rotatable bonds is 7. The molecule has 2 fully saturated rings. The van der Waals surface area contributed by atoms with Gasteiger partial charge in [-0.1, -0.05) is 55.4 Å². The molecule has 0 radical (unpaired) electrons. The number of fused-ring (bicyclic) bond motifs is 2. The number of hydrogen-bond acceptors (Lipinski definition) is 4. The van der Waals surface area contributed by atoms with E-state index in [9.17, 15) is 21.6 Å².